The molecule has 9 heteroatoms. The normalized spacial score (nSPS) is 11.3. The summed E-state index contributed by atoms with van der Waals surface area (Å²) in [4.78, 5) is 17.5. The second kappa shape index (κ2) is 9.65. The molecule has 0 radical (unpaired) electrons. The Hall–Kier alpha value is -2.65. The number of rotatable bonds is 7. The molecule has 0 N–H and O–H groups in total. The Morgan fingerprint density at radius 2 is 1.97 bits per heavy atom. The molecule has 0 saturated heterocycles. The maximum atomic E-state index is 12.2. The van der Waals surface area contributed by atoms with Gasteiger partial charge in [-0.2, -0.15) is 4.31 Å². The number of thiophene rings is 1. The van der Waals surface area contributed by atoms with E-state index in [1.54, 1.807) is 6.20 Å². The van der Waals surface area contributed by atoms with E-state index >= 15 is 0 Å². The highest BCUT2D eigenvalue weighted by atomic mass is 32.2. The predicted molar refractivity (Wildman–Crippen MR) is 124 cm³/mol. The van der Waals surface area contributed by atoms with Crippen LogP contribution < -0.4 is 4.31 Å². The molecule has 0 aliphatic carbocycles. The molecule has 31 heavy (non-hydrogen) atoms. The Morgan fingerprint density at radius 3 is 2.52 bits per heavy atom. The van der Waals surface area contributed by atoms with Gasteiger partial charge in [-0.1, -0.05) is 32.0 Å². The van der Waals surface area contributed by atoms with Gasteiger partial charge in [-0.3, -0.25) is 0 Å². The lowest BCUT2D eigenvalue weighted by molar-refractivity contribution is 0.183. The third kappa shape index (κ3) is 5.16. The van der Waals surface area contributed by atoms with Gasteiger partial charge in [0.15, 0.2) is 0 Å². The number of anilines is 1. The molecule has 1 amide bonds. The number of aryl methyl sites for hydroxylation is 2. The number of carbonyl (C=O) groups excluding carboxylic acids is 1. The molecule has 0 bridgehead atoms. The summed E-state index contributed by atoms with van der Waals surface area (Å²) in [6.45, 7) is 8.85. The lowest BCUT2D eigenvalue weighted by Crippen LogP contribution is -2.28. The van der Waals surface area contributed by atoms with Crippen molar-refractivity contribution in [2.45, 2.75) is 40.7 Å². The first-order valence-corrected chi connectivity index (χ1v) is 11.9. The highest BCUT2D eigenvalue weighted by Crippen LogP contribution is 2.41. The fourth-order valence-electron chi connectivity index (χ4n) is 3.49. The number of carbonyl (C=O) groups is 1. The number of thiol groups is 1. The van der Waals surface area contributed by atoms with Crippen LogP contribution in [0.3, 0.4) is 0 Å². The minimum atomic E-state index is -3.19. The zero-order valence-electron chi connectivity index (χ0n) is 18.3. The van der Waals surface area contributed by atoms with Gasteiger partial charge in [-0.15, -0.1) is 11.3 Å². The topological polar surface area (TPSA) is 81.5 Å². The van der Waals surface area contributed by atoms with Gasteiger partial charge in [0.1, 0.15) is 10.8 Å². The Morgan fingerprint density at radius 1 is 1.23 bits per heavy atom. The molecule has 1 aromatic carbocycles. The predicted octanol–water partition coefficient (Wildman–Crippen LogP) is 4.57. The Labute approximate surface area is 188 Å². The van der Waals surface area contributed by atoms with Gasteiger partial charge in [0.05, 0.1) is 7.11 Å². The Kier molecular flexibility index (Phi) is 7.17. The van der Waals surface area contributed by atoms with Crippen LogP contribution in [0.5, 0.6) is 0 Å². The number of amides is 1. The number of hydrogen-bond donors (Lipinski definition) is 1. The van der Waals surface area contributed by atoms with Crippen molar-refractivity contribution in [2.75, 3.05) is 11.4 Å². The molecule has 3 aromatic rings. The first kappa shape index (κ1) is 23.0. The molecule has 0 fully saturated rings. The first-order chi connectivity index (χ1) is 14.7. The van der Waals surface area contributed by atoms with Gasteiger partial charge in [-0.05, 0) is 48.9 Å². The number of imidazole rings is 1. The molecule has 7 nitrogen and oxygen atoms in total. The average Bonchev–Trinajstić information content (AvgIpc) is 3.27. The lowest BCUT2D eigenvalue weighted by Gasteiger charge is -2.16. The van der Waals surface area contributed by atoms with Crippen LogP contribution in [-0.2, 0) is 28.6 Å². The van der Waals surface area contributed by atoms with Crippen molar-refractivity contribution in [2.24, 2.45) is 5.92 Å². The number of nitrogens with zero attached hydrogens (tertiary/aromatic N) is 3. The molecule has 0 saturated carbocycles. The highest BCUT2D eigenvalue weighted by Gasteiger charge is 2.26. The molecule has 166 valence electrons. The third-order valence-electron chi connectivity index (χ3n) is 4.93. The second-order valence-corrected chi connectivity index (χ2v) is 9.79. The molecule has 0 unspecified atom stereocenters. The van der Waals surface area contributed by atoms with Crippen molar-refractivity contribution in [3.05, 3.63) is 58.5 Å². The van der Waals surface area contributed by atoms with Crippen molar-refractivity contribution >= 4 is 33.3 Å². The summed E-state index contributed by atoms with van der Waals surface area (Å²) in [5.41, 5.74) is 3.71. The van der Waals surface area contributed by atoms with Gasteiger partial charge in [0.2, 0.25) is 10.9 Å². The number of methoxy groups -OCH3 is 1. The highest BCUT2D eigenvalue weighted by molar-refractivity contribution is 7.75. The van der Waals surface area contributed by atoms with Crippen LogP contribution in [0.1, 0.15) is 35.7 Å². The second-order valence-electron chi connectivity index (χ2n) is 7.80. The quantitative estimate of drug-likeness (QED) is 0.521. The molecule has 0 aliphatic rings. The van der Waals surface area contributed by atoms with Crippen molar-refractivity contribution < 1.29 is 17.9 Å². The Balaban J connectivity index is 2.07. The van der Waals surface area contributed by atoms with Crippen LogP contribution >= 0.6 is 11.3 Å². The molecular weight excluding hydrogens is 434 g/mol. The Bertz CT molecular complexity index is 1150. The molecule has 0 aliphatic heterocycles. The van der Waals surface area contributed by atoms with E-state index < -0.39 is 17.0 Å². The van der Waals surface area contributed by atoms with Crippen LogP contribution in [0, 0.1) is 19.8 Å². The van der Waals surface area contributed by atoms with Crippen LogP contribution in [0.4, 0.5) is 9.80 Å². The minimum absolute atomic E-state index is 0.361. The lowest BCUT2D eigenvalue weighted by atomic mass is 9.98. The van der Waals surface area contributed by atoms with Gasteiger partial charge >= 0.3 is 6.09 Å². The van der Waals surface area contributed by atoms with E-state index in [1.165, 1.54) is 18.4 Å². The van der Waals surface area contributed by atoms with E-state index in [-0.39, 0.29) is 0 Å². The summed E-state index contributed by atoms with van der Waals surface area (Å²) in [5.74, 6) is 1.34. The summed E-state index contributed by atoms with van der Waals surface area (Å²) < 4.78 is 31.4. The molecule has 3 rings (SSSR count). The molecular formula is C22H27N3O4S2. The molecule has 0 spiro atoms. The van der Waals surface area contributed by atoms with E-state index in [4.69, 9.17) is 4.74 Å². The first-order valence-electron chi connectivity index (χ1n) is 9.94. The fourth-order valence-corrected chi connectivity index (χ4v) is 5.56. The van der Waals surface area contributed by atoms with E-state index in [1.807, 2.05) is 38.2 Å². The van der Waals surface area contributed by atoms with Crippen molar-refractivity contribution in [3.8, 4) is 11.1 Å². The SMILES string of the molecule is COC(=O)N(c1sc(CC(C)C)cc1-c1ccc(Cn2ccnc2C)cc1C)[SH](=O)=O. The summed E-state index contributed by atoms with van der Waals surface area (Å²) in [6, 6.07) is 8.06. The summed E-state index contributed by atoms with van der Waals surface area (Å²) in [5, 5.41) is 0.361. The van der Waals surface area contributed by atoms with Crippen LogP contribution in [0.25, 0.3) is 11.1 Å². The zero-order valence-corrected chi connectivity index (χ0v) is 20.0. The monoisotopic (exact) mass is 461 g/mol. The summed E-state index contributed by atoms with van der Waals surface area (Å²) >= 11 is 1.31. The molecule has 2 aromatic heterocycles. The van der Waals surface area contributed by atoms with Crippen molar-refractivity contribution in [1.82, 2.24) is 9.55 Å². The van der Waals surface area contributed by atoms with Crippen LogP contribution in [0.2, 0.25) is 0 Å². The standard InChI is InChI=1S/C22H27N3O4S2/c1-14(2)10-18-12-20(21(30-18)25(31(27)28)22(26)29-5)19-7-6-17(11-15(19)3)13-24-9-8-23-16(24)4/h6-9,11-12,14,31H,10,13H2,1-5H3. The van der Waals surface area contributed by atoms with Crippen LogP contribution in [0.15, 0.2) is 36.7 Å². The van der Waals surface area contributed by atoms with Gasteiger partial charge < -0.3 is 9.30 Å². The van der Waals surface area contributed by atoms with E-state index in [0.29, 0.717) is 23.0 Å². The van der Waals surface area contributed by atoms with Gasteiger partial charge in [0, 0.05) is 29.4 Å². The summed E-state index contributed by atoms with van der Waals surface area (Å²) in [6.07, 6.45) is 3.59. The number of aromatic nitrogens is 2. The third-order valence-corrected chi connectivity index (χ3v) is 6.90. The van der Waals surface area contributed by atoms with E-state index in [0.717, 1.165) is 38.1 Å². The van der Waals surface area contributed by atoms with Crippen molar-refractivity contribution in [3.63, 3.8) is 0 Å². The number of ether oxygens (including phenoxy) is 1. The van der Waals surface area contributed by atoms with E-state index in [9.17, 15) is 13.2 Å². The molecule has 0 atom stereocenters. The van der Waals surface area contributed by atoms with Crippen molar-refractivity contribution in [1.29, 1.82) is 0 Å². The van der Waals surface area contributed by atoms with E-state index in [2.05, 4.69) is 29.5 Å². The zero-order chi connectivity index (χ0) is 22.7. The smallest absolute Gasteiger partial charge is 0.428 e. The van der Waals surface area contributed by atoms with Gasteiger partial charge in [0.25, 0.3) is 0 Å². The fraction of sp³-hybridized carbons (Fsp3) is 0.364. The maximum Gasteiger partial charge on any atom is 0.428 e. The summed E-state index contributed by atoms with van der Waals surface area (Å²) in [7, 11) is -2.01. The average molecular weight is 462 g/mol. The maximum absolute atomic E-state index is 12.2. The number of hydrogen-bond acceptors (Lipinski definition) is 6. The van der Waals surface area contributed by atoms with Crippen LogP contribution in [-0.4, -0.2) is 31.2 Å². The number of benzene rings is 1. The largest absolute Gasteiger partial charge is 0.452 e. The minimum Gasteiger partial charge on any atom is -0.452 e. The van der Waals surface area contributed by atoms with Gasteiger partial charge in [-0.25, -0.2) is 18.2 Å². The molecule has 2 heterocycles.